The van der Waals surface area contributed by atoms with Crippen LogP contribution in [0.2, 0.25) is 0 Å². The van der Waals surface area contributed by atoms with E-state index in [1.165, 1.54) is 0 Å². The lowest BCUT2D eigenvalue weighted by molar-refractivity contribution is -0.861. The van der Waals surface area contributed by atoms with Gasteiger partial charge in [-0.3, -0.25) is 0 Å². The van der Waals surface area contributed by atoms with Crippen molar-refractivity contribution in [3.63, 3.8) is 0 Å². The van der Waals surface area contributed by atoms with Gasteiger partial charge in [-0.05, 0) is 6.92 Å². The SMILES string of the molecule is CCO[P+]([O-])=C(O)C[N+](C)(C)C. The summed E-state index contributed by atoms with van der Waals surface area (Å²) in [7, 11) is 3.72. The normalized spacial score (nSPS) is 14.5. The summed E-state index contributed by atoms with van der Waals surface area (Å²) in [6, 6.07) is 0. The van der Waals surface area contributed by atoms with Crippen LogP contribution in [0, 0.1) is 0 Å². The molecule has 0 amide bonds. The maximum Gasteiger partial charge on any atom is 0.308 e. The van der Waals surface area contributed by atoms with E-state index in [2.05, 4.69) is 0 Å². The van der Waals surface area contributed by atoms with Gasteiger partial charge in [0.25, 0.3) is 8.00 Å². The Balaban J connectivity index is 4.17. The summed E-state index contributed by atoms with van der Waals surface area (Å²) in [5.74, 6) is 0. The van der Waals surface area contributed by atoms with Gasteiger partial charge in [0.1, 0.15) is 0 Å². The minimum atomic E-state index is -2.00. The number of hydrogen-bond acceptors (Lipinski definition) is 2. The van der Waals surface area contributed by atoms with Crippen molar-refractivity contribution >= 4 is 13.5 Å². The smallest absolute Gasteiger partial charge is 0.308 e. The Morgan fingerprint density at radius 1 is 1.50 bits per heavy atom. The molecule has 0 aromatic rings. The Labute approximate surface area is 74.5 Å². The molecule has 0 heterocycles. The zero-order chi connectivity index (χ0) is 9.78. The molecule has 0 saturated heterocycles. The van der Waals surface area contributed by atoms with E-state index >= 15 is 0 Å². The van der Waals surface area contributed by atoms with Crippen LogP contribution in [0.5, 0.6) is 0 Å². The van der Waals surface area contributed by atoms with Gasteiger partial charge in [-0.15, -0.1) is 0 Å². The van der Waals surface area contributed by atoms with Crippen molar-refractivity contribution in [3.05, 3.63) is 0 Å². The third-order valence-electron chi connectivity index (χ3n) is 1.07. The quantitative estimate of drug-likeness (QED) is 0.502. The standard InChI is InChI=1S/C7H16NO3P/c1-5-11-12(10)7(9)6-8(2,3)4/h5-6H2,1-4H3/p+1. The summed E-state index contributed by atoms with van der Waals surface area (Å²) in [5.41, 5.74) is -0.0700. The summed E-state index contributed by atoms with van der Waals surface area (Å²) in [5, 5.41) is 9.28. The Bertz CT molecular complexity index is 174. The molecule has 1 N–H and O–H groups in total. The topological polar surface area (TPSA) is 52.5 Å². The lowest BCUT2D eigenvalue weighted by Gasteiger charge is -2.21. The highest BCUT2D eigenvalue weighted by Crippen LogP contribution is 2.14. The molecule has 0 spiro atoms. The highest BCUT2D eigenvalue weighted by Gasteiger charge is 2.17. The average Bonchev–Trinajstić information content (AvgIpc) is 1.84. The molecule has 0 aromatic heterocycles. The van der Waals surface area contributed by atoms with Crippen molar-refractivity contribution < 1.29 is 19.0 Å². The molecule has 0 aliphatic heterocycles. The van der Waals surface area contributed by atoms with Gasteiger partial charge >= 0.3 is 5.48 Å². The van der Waals surface area contributed by atoms with Gasteiger partial charge in [0, 0.05) is 0 Å². The fourth-order valence-electron chi connectivity index (χ4n) is 0.674. The van der Waals surface area contributed by atoms with Crippen molar-refractivity contribution in [1.29, 1.82) is 0 Å². The predicted octanol–water partition coefficient (Wildman–Crippen LogP) is -0.0963. The number of hydrogen-bond donors (Lipinski definition) is 1. The number of nitrogens with zero attached hydrogens (tertiary/aromatic N) is 1. The van der Waals surface area contributed by atoms with Gasteiger partial charge in [-0.1, -0.05) is 0 Å². The molecule has 5 heteroatoms. The highest BCUT2D eigenvalue weighted by molar-refractivity contribution is 7.46. The van der Waals surface area contributed by atoms with E-state index < -0.39 is 8.00 Å². The molecule has 0 aliphatic rings. The molecule has 0 aliphatic carbocycles. The van der Waals surface area contributed by atoms with E-state index in [-0.39, 0.29) is 5.48 Å². The van der Waals surface area contributed by atoms with E-state index in [0.29, 0.717) is 17.6 Å². The molecule has 72 valence electrons. The Hall–Kier alpha value is 0.0100. The van der Waals surface area contributed by atoms with Crippen molar-refractivity contribution in [3.8, 4) is 0 Å². The third-order valence-corrected chi connectivity index (χ3v) is 2.13. The molecule has 1 atom stereocenters. The molecule has 0 radical (unpaired) electrons. The van der Waals surface area contributed by atoms with Crippen molar-refractivity contribution in [2.24, 2.45) is 0 Å². The van der Waals surface area contributed by atoms with E-state index in [0.717, 1.165) is 0 Å². The number of aliphatic hydroxyl groups excluding tert-OH is 1. The predicted molar refractivity (Wildman–Crippen MR) is 48.4 cm³/mol. The maximum absolute atomic E-state index is 11.0. The molecule has 0 fully saturated rings. The molecular formula is C7H17NO3P+. The van der Waals surface area contributed by atoms with E-state index in [1.807, 2.05) is 21.1 Å². The van der Waals surface area contributed by atoms with Crippen molar-refractivity contribution in [2.75, 3.05) is 34.3 Å². The summed E-state index contributed by atoms with van der Waals surface area (Å²) in [6.45, 7) is 2.46. The van der Waals surface area contributed by atoms with E-state index in [4.69, 9.17) is 4.52 Å². The van der Waals surface area contributed by atoms with E-state index in [9.17, 15) is 10.00 Å². The van der Waals surface area contributed by atoms with Gasteiger partial charge in [0.2, 0.25) is 0 Å². The zero-order valence-electron chi connectivity index (χ0n) is 8.07. The monoisotopic (exact) mass is 194 g/mol. The fraction of sp³-hybridized carbons (Fsp3) is 0.857. The maximum atomic E-state index is 11.0. The Morgan fingerprint density at radius 3 is 2.33 bits per heavy atom. The minimum absolute atomic E-state index is 0.0700. The van der Waals surface area contributed by atoms with Crippen LogP contribution in [0.3, 0.4) is 0 Å². The van der Waals surface area contributed by atoms with Crippen molar-refractivity contribution in [2.45, 2.75) is 6.92 Å². The lowest BCUT2D eigenvalue weighted by Crippen LogP contribution is -2.39. The van der Waals surface area contributed by atoms with Gasteiger partial charge in [0.05, 0.1) is 27.7 Å². The molecule has 0 bridgehead atoms. The van der Waals surface area contributed by atoms with Gasteiger partial charge in [-0.25, -0.2) is 0 Å². The third kappa shape index (κ3) is 5.63. The number of quaternary nitrogens is 1. The molecule has 1 unspecified atom stereocenters. The van der Waals surface area contributed by atoms with Crippen LogP contribution in [0.1, 0.15) is 6.92 Å². The second kappa shape index (κ2) is 4.90. The molecular weight excluding hydrogens is 177 g/mol. The zero-order valence-corrected chi connectivity index (χ0v) is 8.97. The average molecular weight is 194 g/mol. The number of aliphatic hydroxyl groups is 1. The van der Waals surface area contributed by atoms with E-state index in [1.54, 1.807) is 6.92 Å². The molecule has 0 rings (SSSR count). The first kappa shape index (κ1) is 12.0. The fourth-order valence-corrected chi connectivity index (χ4v) is 1.60. The Kier molecular flexibility index (Phi) is 4.90. The summed E-state index contributed by atoms with van der Waals surface area (Å²) < 4.78 is 5.30. The van der Waals surface area contributed by atoms with Gasteiger partial charge < -0.3 is 14.5 Å². The van der Waals surface area contributed by atoms with Crippen LogP contribution in [-0.4, -0.2) is 49.4 Å². The van der Waals surface area contributed by atoms with Gasteiger partial charge in [-0.2, -0.15) is 4.52 Å². The minimum Gasteiger partial charge on any atom is -0.601 e. The Morgan fingerprint density at radius 2 is 2.00 bits per heavy atom. The first-order valence-electron chi connectivity index (χ1n) is 3.82. The lowest BCUT2D eigenvalue weighted by atomic mass is 10.5. The second-order valence-corrected chi connectivity index (χ2v) is 4.83. The molecule has 0 saturated carbocycles. The van der Waals surface area contributed by atoms with Crippen LogP contribution in [0.15, 0.2) is 0 Å². The van der Waals surface area contributed by atoms with Crippen molar-refractivity contribution in [1.82, 2.24) is 0 Å². The first-order chi connectivity index (χ1) is 5.37. The van der Waals surface area contributed by atoms with Crippen LogP contribution in [0.25, 0.3) is 0 Å². The summed E-state index contributed by atoms with van der Waals surface area (Å²) >= 11 is 0. The summed E-state index contributed by atoms with van der Waals surface area (Å²) in [4.78, 5) is 11.0. The number of rotatable bonds is 4. The molecule has 0 aromatic carbocycles. The summed E-state index contributed by atoms with van der Waals surface area (Å²) in [6.07, 6.45) is 0. The highest BCUT2D eigenvalue weighted by atomic mass is 31.1. The molecule has 4 nitrogen and oxygen atoms in total. The van der Waals surface area contributed by atoms with Crippen LogP contribution < -0.4 is 4.89 Å². The van der Waals surface area contributed by atoms with Gasteiger partial charge in [0.15, 0.2) is 6.54 Å². The molecule has 12 heavy (non-hydrogen) atoms. The second-order valence-electron chi connectivity index (χ2n) is 3.54. The first-order valence-corrected chi connectivity index (χ1v) is 5.00. The van der Waals surface area contributed by atoms with Crippen LogP contribution >= 0.6 is 8.00 Å². The number of likely N-dealkylation sites (N-methyl/N-ethyl adjacent to an activating group) is 1. The van der Waals surface area contributed by atoms with Crippen LogP contribution in [0.4, 0.5) is 0 Å². The van der Waals surface area contributed by atoms with Crippen LogP contribution in [-0.2, 0) is 4.52 Å². The largest absolute Gasteiger partial charge is 0.601 e.